The van der Waals surface area contributed by atoms with Gasteiger partial charge in [0, 0.05) is 47.2 Å². The van der Waals surface area contributed by atoms with E-state index in [1.807, 2.05) is 18.3 Å². The lowest BCUT2D eigenvalue weighted by Gasteiger charge is -2.06. The normalized spacial score (nSPS) is 11.8. The van der Waals surface area contributed by atoms with Crippen molar-refractivity contribution in [3.8, 4) is 11.1 Å². The van der Waals surface area contributed by atoms with Gasteiger partial charge in [-0.2, -0.15) is 0 Å². The molecular formula is C17H18FN3O2S. The number of aromatic nitrogens is 2. The molecule has 0 aliphatic heterocycles. The Morgan fingerprint density at radius 2 is 2.08 bits per heavy atom. The molecule has 1 aromatic carbocycles. The van der Waals surface area contributed by atoms with Gasteiger partial charge < -0.3 is 10.3 Å². The van der Waals surface area contributed by atoms with Gasteiger partial charge in [0.05, 0.1) is 5.75 Å². The number of nitrogens with one attached hydrogen (secondary N) is 2. The molecule has 0 amide bonds. The lowest BCUT2D eigenvalue weighted by atomic mass is 10.1. The van der Waals surface area contributed by atoms with Crippen LogP contribution in [0.2, 0.25) is 0 Å². The molecule has 2 N–H and O–H groups in total. The fraction of sp³-hybridized carbons (Fsp3) is 0.235. The first-order valence-corrected chi connectivity index (χ1v) is 9.63. The van der Waals surface area contributed by atoms with Gasteiger partial charge in [-0.05, 0) is 36.8 Å². The molecule has 0 radical (unpaired) electrons. The third-order valence-electron chi connectivity index (χ3n) is 3.72. The van der Waals surface area contributed by atoms with E-state index >= 15 is 0 Å². The molecular weight excluding hydrogens is 329 g/mol. The van der Waals surface area contributed by atoms with E-state index in [1.54, 1.807) is 12.3 Å². The molecule has 0 unspecified atom stereocenters. The average molecular weight is 347 g/mol. The topological polar surface area (TPSA) is 74.8 Å². The molecule has 0 atom stereocenters. The molecule has 0 bridgehead atoms. The van der Waals surface area contributed by atoms with Crippen molar-refractivity contribution in [2.75, 3.05) is 23.9 Å². The number of hydrogen-bond donors (Lipinski definition) is 2. The lowest BCUT2D eigenvalue weighted by Crippen LogP contribution is -2.10. The van der Waals surface area contributed by atoms with Gasteiger partial charge in [-0.25, -0.2) is 17.8 Å². The van der Waals surface area contributed by atoms with Gasteiger partial charge in [-0.15, -0.1) is 0 Å². The molecule has 126 valence electrons. The van der Waals surface area contributed by atoms with Gasteiger partial charge in [0.25, 0.3) is 0 Å². The smallest absolute Gasteiger partial charge is 0.147 e. The first-order valence-electron chi connectivity index (χ1n) is 7.57. The molecule has 7 heteroatoms. The number of nitrogens with zero attached hydrogens (tertiary/aromatic N) is 1. The van der Waals surface area contributed by atoms with Crippen molar-refractivity contribution in [1.29, 1.82) is 0 Å². The van der Waals surface area contributed by atoms with E-state index in [0.717, 1.165) is 22.0 Å². The second-order valence-electron chi connectivity index (χ2n) is 5.73. The van der Waals surface area contributed by atoms with Crippen LogP contribution in [0.1, 0.15) is 6.42 Å². The van der Waals surface area contributed by atoms with Gasteiger partial charge in [-0.3, -0.25) is 0 Å². The first kappa shape index (κ1) is 16.4. The highest BCUT2D eigenvalue weighted by atomic mass is 32.2. The van der Waals surface area contributed by atoms with E-state index < -0.39 is 9.84 Å². The quantitative estimate of drug-likeness (QED) is 0.672. The number of benzene rings is 1. The van der Waals surface area contributed by atoms with Crippen molar-refractivity contribution in [2.45, 2.75) is 6.42 Å². The van der Waals surface area contributed by atoms with E-state index in [9.17, 15) is 12.8 Å². The summed E-state index contributed by atoms with van der Waals surface area (Å²) in [7, 11) is -2.93. The van der Waals surface area contributed by atoms with Crippen LogP contribution in [0.4, 0.5) is 10.2 Å². The minimum absolute atomic E-state index is 0.157. The monoisotopic (exact) mass is 347 g/mol. The Balaban J connectivity index is 1.70. The molecule has 0 aliphatic rings. The van der Waals surface area contributed by atoms with Crippen LogP contribution in [-0.4, -0.2) is 36.9 Å². The van der Waals surface area contributed by atoms with E-state index in [-0.39, 0.29) is 11.6 Å². The van der Waals surface area contributed by atoms with Crippen LogP contribution >= 0.6 is 0 Å². The van der Waals surface area contributed by atoms with Crippen molar-refractivity contribution in [1.82, 2.24) is 9.97 Å². The molecule has 2 heterocycles. The van der Waals surface area contributed by atoms with Crippen LogP contribution in [0.5, 0.6) is 0 Å². The predicted molar refractivity (Wildman–Crippen MR) is 94.3 cm³/mol. The maximum Gasteiger partial charge on any atom is 0.147 e. The summed E-state index contributed by atoms with van der Waals surface area (Å²) in [6.07, 6.45) is 5.34. The van der Waals surface area contributed by atoms with Gasteiger partial charge in [0.2, 0.25) is 0 Å². The third-order valence-corrected chi connectivity index (χ3v) is 4.75. The molecule has 0 fully saturated rings. The number of rotatable bonds is 6. The molecule has 0 spiro atoms. The number of sulfone groups is 1. The maximum atomic E-state index is 13.2. The minimum atomic E-state index is -2.93. The number of hydrogen-bond acceptors (Lipinski definition) is 4. The number of aromatic amines is 1. The summed E-state index contributed by atoms with van der Waals surface area (Å²) in [5.41, 5.74) is 2.63. The Kier molecular flexibility index (Phi) is 4.53. The van der Waals surface area contributed by atoms with Crippen LogP contribution in [0.25, 0.3) is 22.0 Å². The summed E-state index contributed by atoms with van der Waals surface area (Å²) in [5.74, 6) is 0.574. The third kappa shape index (κ3) is 3.91. The highest BCUT2D eigenvalue weighted by Gasteiger charge is 2.07. The van der Waals surface area contributed by atoms with Crippen molar-refractivity contribution >= 4 is 26.6 Å². The van der Waals surface area contributed by atoms with Crippen LogP contribution in [0.15, 0.2) is 42.7 Å². The zero-order chi connectivity index (χ0) is 17.2. The van der Waals surface area contributed by atoms with Crippen molar-refractivity contribution in [3.05, 3.63) is 48.5 Å². The molecule has 0 saturated carbocycles. The zero-order valence-corrected chi connectivity index (χ0v) is 14.0. The van der Waals surface area contributed by atoms with Gasteiger partial charge in [-0.1, -0.05) is 0 Å². The molecule has 0 aliphatic carbocycles. The highest BCUT2D eigenvalue weighted by molar-refractivity contribution is 7.90. The Bertz CT molecular complexity index is 950. The van der Waals surface area contributed by atoms with Gasteiger partial charge in [0.1, 0.15) is 21.5 Å². The van der Waals surface area contributed by atoms with Crippen molar-refractivity contribution < 1.29 is 12.8 Å². The van der Waals surface area contributed by atoms with Crippen LogP contribution in [0, 0.1) is 5.82 Å². The highest BCUT2D eigenvalue weighted by Crippen LogP contribution is 2.28. The van der Waals surface area contributed by atoms with Gasteiger partial charge >= 0.3 is 0 Å². The van der Waals surface area contributed by atoms with Crippen LogP contribution in [-0.2, 0) is 9.84 Å². The Morgan fingerprint density at radius 1 is 1.25 bits per heavy atom. The summed E-state index contributed by atoms with van der Waals surface area (Å²) in [5, 5.41) is 4.04. The molecule has 5 nitrogen and oxygen atoms in total. The van der Waals surface area contributed by atoms with E-state index in [4.69, 9.17) is 0 Å². The van der Waals surface area contributed by atoms with E-state index in [2.05, 4.69) is 15.3 Å². The second kappa shape index (κ2) is 6.60. The summed E-state index contributed by atoms with van der Waals surface area (Å²) >= 11 is 0. The lowest BCUT2D eigenvalue weighted by molar-refractivity contribution is 0.600. The van der Waals surface area contributed by atoms with E-state index in [1.165, 1.54) is 18.4 Å². The summed E-state index contributed by atoms with van der Waals surface area (Å²) in [4.78, 5) is 7.40. The SMILES string of the molecule is CS(=O)(=O)CCCNc1ccc(-c2c[nH]c3cc(F)ccc23)cn1. The minimum Gasteiger partial charge on any atom is -0.370 e. The second-order valence-corrected chi connectivity index (χ2v) is 7.99. The number of anilines is 1. The Labute approximate surface area is 139 Å². The Morgan fingerprint density at radius 3 is 2.79 bits per heavy atom. The number of pyridine rings is 1. The van der Waals surface area contributed by atoms with Crippen molar-refractivity contribution in [3.63, 3.8) is 0 Å². The maximum absolute atomic E-state index is 13.2. The Hall–Kier alpha value is -2.41. The summed E-state index contributed by atoms with van der Waals surface area (Å²) in [6.45, 7) is 0.547. The number of fused-ring (bicyclic) bond motifs is 1. The van der Waals surface area contributed by atoms with E-state index in [0.29, 0.717) is 18.8 Å². The first-order chi connectivity index (χ1) is 11.4. The predicted octanol–water partition coefficient (Wildman–Crippen LogP) is 3.22. The molecule has 0 saturated heterocycles. The number of halogens is 1. The largest absolute Gasteiger partial charge is 0.370 e. The molecule has 24 heavy (non-hydrogen) atoms. The standard InChI is InChI=1S/C17H18FN3O2S/c1-24(22,23)8-2-7-19-17-6-3-12(10-21-17)15-11-20-16-9-13(18)4-5-14(15)16/h3-6,9-11,20H,2,7-8H2,1H3,(H,19,21). The average Bonchev–Trinajstić information content (AvgIpc) is 2.94. The van der Waals surface area contributed by atoms with Crippen LogP contribution < -0.4 is 5.32 Å². The summed E-state index contributed by atoms with van der Waals surface area (Å²) < 4.78 is 35.4. The van der Waals surface area contributed by atoms with Crippen molar-refractivity contribution in [2.24, 2.45) is 0 Å². The molecule has 2 aromatic heterocycles. The van der Waals surface area contributed by atoms with Gasteiger partial charge in [0.15, 0.2) is 0 Å². The van der Waals surface area contributed by atoms with Crippen LogP contribution in [0.3, 0.4) is 0 Å². The fourth-order valence-electron chi connectivity index (χ4n) is 2.55. The molecule has 3 rings (SSSR count). The fourth-order valence-corrected chi connectivity index (χ4v) is 3.21. The molecule has 3 aromatic rings. The zero-order valence-electron chi connectivity index (χ0n) is 13.2. The number of H-pyrrole nitrogens is 1. The summed E-state index contributed by atoms with van der Waals surface area (Å²) in [6, 6.07) is 8.42.